The van der Waals surface area contributed by atoms with E-state index in [-0.39, 0.29) is 35.3 Å². The summed E-state index contributed by atoms with van der Waals surface area (Å²) in [5.41, 5.74) is 2.45. The Balaban J connectivity index is 1.82. The summed E-state index contributed by atoms with van der Waals surface area (Å²) in [4.78, 5) is 52.0. The normalized spacial score (nSPS) is 11.4. The minimum Gasteiger partial charge on any atom is -0.350 e. The first-order valence-electron chi connectivity index (χ1n) is 11.9. The molecular weight excluding hydrogens is 460 g/mol. The maximum absolute atomic E-state index is 13.4. The molecule has 0 saturated heterocycles. The molecule has 2 aromatic carbocycles. The Kier molecular flexibility index (Phi) is 6.78. The number of anilines is 1. The highest BCUT2D eigenvalue weighted by atomic mass is 16.2. The predicted molar refractivity (Wildman–Crippen MR) is 139 cm³/mol. The highest BCUT2D eigenvalue weighted by Gasteiger charge is 2.20. The second-order valence-electron chi connectivity index (χ2n) is 9.24. The van der Waals surface area contributed by atoms with E-state index < -0.39 is 11.6 Å². The zero-order chi connectivity index (χ0) is 26.1. The Morgan fingerprint density at radius 1 is 1.03 bits per heavy atom. The van der Waals surface area contributed by atoms with Crippen molar-refractivity contribution < 1.29 is 9.59 Å². The third-order valence-electron chi connectivity index (χ3n) is 5.99. The molecule has 0 radical (unpaired) electrons. The molecule has 4 rings (SSSR count). The molecule has 2 aromatic heterocycles. The molecule has 0 spiro atoms. The fourth-order valence-electron chi connectivity index (χ4n) is 4.09. The number of nitrogens with zero attached hydrogens (tertiary/aromatic N) is 4. The van der Waals surface area contributed by atoms with Gasteiger partial charge in [-0.1, -0.05) is 13.0 Å². The van der Waals surface area contributed by atoms with Crippen LogP contribution in [0.1, 0.15) is 48.7 Å². The van der Waals surface area contributed by atoms with Crippen LogP contribution in [0.25, 0.3) is 16.7 Å². The summed E-state index contributed by atoms with van der Waals surface area (Å²) >= 11 is 0. The minimum atomic E-state index is -0.573. The van der Waals surface area contributed by atoms with Crippen molar-refractivity contribution in [2.45, 2.75) is 60.2 Å². The fraction of sp³-hybridized carbons (Fsp3) is 0.346. The summed E-state index contributed by atoms with van der Waals surface area (Å²) in [6, 6.07) is 10.1. The van der Waals surface area contributed by atoms with Crippen LogP contribution in [0, 0.1) is 13.8 Å². The Morgan fingerprint density at radius 2 is 1.78 bits per heavy atom. The van der Waals surface area contributed by atoms with Crippen LogP contribution in [0.5, 0.6) is 0 Å². The van der Waals surface area contributed by atoms with Gasteiger partial charge in [0.1, 0.15) is 6.54 Å². The van der Waals surface area contributed by atoms with E-state index in [0.29, 0.717) is 29.6 Å². The molecule has 0 unspecified atom stereocenters. The van der Waals surface area contributed by atoms with Gasteiger partial charge in [-0.3, -0.25) is 19.0 Å². The van der Waals surface area contributed by atoms with Crippen molar-refractivity contribution in [2.24, 2.45) is 0 Å². The SMILES string of the molecule is CCCn1c(=O)c2ccc(C(=O)NC(C)C)cc2n2c(=O)n(CC(=O)Nc3ccc(C)c(C)c3)nc12. The molecule has 0 saturated carbocycles. The van der Waals surface area contributed by atoms with Crippen molar-refractivity contribution in [2.75, 3.05) is 5.32 Å². The van der Waals surface area contributed by atoms with Crippen LogP contribution in [-0.2, 0) is 17.9 Å². The van der Waals surface area contributed by atoms with Crippen molar-refractivity contribution >= 4 is 34.2 Å². The topological polar surface area (TPSA) is 120 Å². The molecule has 2 amide bonds. The first kappa shape index (κ1) is 24.9. The van der Waals surface area contributed by atoms with Crippen molar-refractivity contribution in [3.63, 3.8) is 0 Å². The van der Waals surface area contributed by atoms with Crippen LogP contribution in [0.3, 0.4) is 0 Å². The van der Waals surface area contributed by atoms with Gasteiger partial charge in [0.15, 0.2) is 0 Å². The number of carbonyl (C=O) groups is 2. The van der Waals surface area contributed by atoms with E-state index in [4.69, 9.17) is 0 Å². The first-order chi connectivity index (χ1) is 17.1. The van der Waals surface area contributed by atoms with Gasteiger partial charge in [0.25, 0.3) is 11.5 Å². The maximum atomic E-state index is 13.4. The largest absolute Gasteiger partial charge is 0.352 e. The molecule has 0 aliphatic carbocycles. The minimum absolute atomic E-state index is 0.0768. The summed E-state index contributed by atoms with van der Waals surface area (Å²) in [7, 11) is 0. The number of nitrogens with one attached hydrogen (secondary N) is 2. The Hall–Kier alpha value is -4.21. The number of aryl methyl sites for hydroxylation is 3. The number of hydrogen-bond acceptors (Lipinski definition) is 5. The lowest BCUT2D eigenvalue weighted by molar-refractivity contribution is -0.117. The van der Waals surface area contributed by atoms with Crippen LogP contribution in [0.4, 0.5) is 5.69 Å². The summed E-state index contributed by atoms with van der Waals surface area (Å²) in [6.07, 6.45) is 0.643. The predicted octanol–water partition coefficient (Wildman–Crippen LogP) is 2.61. The van der Waals surface area contributed by atoms with Crippen molar-refractivity contribution in [3.05, 3.63) is 73.9 Å². The quantitative estimate of drug-likeness (QED) is 0.413. The van der Waals surface area contributed by atoms with Gasteiger partial charge >= 0.3 is 5.69 Å². The molecule has 4 aromatic rings. The summed E-state index contributed by atoms with van der Waals surface area (Å²) in [5.74, 6) is -0.611. The third-order valence-corrected chi connectivity index (χ3v) is 5.99. The summed E-state index contributed by atoms with van der Waals surface area (Å²) < 4.78 is 3.76. The Bertz CT molecular complexity index is 1610. The molecule has 10 heteroatoms. The monoisotopic (exact) mass is 490 g/mol. The van der Waals surface area contributed by atoms with Crippen LogP contribution < -0.4 is 21.9 Å². The number of rotatable bonds is 7. The van der Waals surface area contributed by atoms with E-state index in [1.165, 1.54) is 15.0 Å². The fourth-order valence-corrected chi connectivity index (χ4v) is 4.09. The van der Waals surface area contributed by atoms with Crippen molar-refractivity contribution in [1.29, 1.82) is 0 Å². The zero-order valence-electron chi connectivity index (χ0n) is 21.1. The van der Waals surface area contributed by atoms with Gasteiger partial charge in [0.05, 0.1) is 10.9 Å². The van der Waals surface area contributed by atoms with Crippen LogP contribution in [-0.4, -0.2) is 36.6 Å². The van der Waals surface area contributed by atoms with E-state index in [0.717, 1.165) is 15.8 Å². The van der Waals surface area contributed by atoms with Gasteiger partial charge < -0.3 is 10.6 Å². The summed E-state index contributed by atoms with van der Waals surface area (Å²) in [5, 5.41) is 10.2. The third kappa shape index (κ3) is 4.66. The van der Waals surface area contributed by atoms with Crippen molar-refractivity contribution in [3.8, 4) is 0 Å². The molecule has 0 bridgehead atoms. The molecule has 188 valence electrons. The highest BCUT2D eigenvalue weighted by molar-refractivity contribution is 5.98. The molecule has 0 aliphatic rings. The number of benzene rings is 2. The van der Waals surface area contributed by atoms with E-state index in [1.807, 2.05) is 46.8 Å². The second-order valence-corrected chi connectivity index (χ2v) is 9.24. The molecule has 2 heterocycles. The number of fused-ring (bicyclic) bond motifs is 3. The lowest BCUT2D eigenvalue weighted by Crippen LogP contribution is -2.31. The number of aromatic nitrogens is 4. The average molecular weight is 491 g/mol. The molecule has 2 N–H and O–H groups in total. The van der Waals surface area contributed by atoms with E-state index >= 15 is 0 Å². The van der Waals surface area contributed by atoms with E-state index in [2.05, 4.69) is 15.7 Å². The molecule has 0 fully saturated rings. The molecule has 10 nitrogen and oxygen atoms in total. The van der Waals surface area contributed by atoms with Gasteiger partial charge in [-0.25, -0.2) is 13.9 Å². The van der Waals surface area contributed by atoms with Gasteiger partial charge in [0, 0.05) is 23.8 Å². The summed E-state index contributed by atoms with van der Waals surface area (Å²) in [6.45, 7) is 9.55. The van der Waals surface area contributed by atoms with Gasteiger partial charge in [-0.15, -0.1) is 5.10 Å². The number of amides is 2. The highest BCUT2D eigenvalue weighted by Crippen LogP contribution is 2.16. The van der Waals surface area contributed by atoms with Gasteiger partial charge in [-0.2, -0.15) is 0 Å². The zero-order valence-corrected chi connectivity index (χ0v) is 21.1. The Labute approximate surface area is 207 Å². The number of carbonyl (C=O) groups excluding carboxylic acids is 2. The maximum Gasteiger partial charge on any atom is 0.352 e. The van der Waals surface area contributed by atoms with Crippen LogP contribution >= 0.6 is 0 Å². The van der Waals surface area contributed by atoms with E-state index in [1.54, 1.807) is 18.2 Å². The molecule has 36 heavy (non-hydrogen) atoms. The van der Waals surface area contributed by atoms with Crippen LogP contribution in [0.2, 0.25) is 0 Å². The van der Waals surface area contributed by atoms with Crippen LogP contribution in [0.15, 0.2) is 46.0 Å². The van der Waals surface area contributed by atoms with E-state index in [9.17, 15) is 19.2 Å². The molecule has 0 aliphatic heterocycles. The smallest absolute Gasteiger partial charge is 0.350 e. The second kappa shape index (κ2) is 9.80. The molecule has 0 atom stereocenters. The lowest BCUT2D eigenvalue weighted by atomic mass is 10.1. The number of hydrogen-bond donors (Lipinski definition) is 2. The Morgan fingerprint density at radius 3 is 2.44 bits per heavy atom. The van der Waals surface area contributed by atoms with Gasteiger partial charge in [-0.05, 0) is 75.6 Å². The van der Waals surface area contributed by atoms with Crippen molar-refractivity contribution in [1.82, 2.24) is 24.1 Å². The van der Waals surface area contributed by atoms with Gasteiger partial charge in [0.2, 0.25) is 11.7 Å². The standard InChI is InChI=1S/C26H30N6O4/c1-6-11-30-24(35)20-10-8-18(23(34)27-15(2)3)13-21(20)32-25(30)29-31(26(32)36)14-22(33)28-19-9-7-16(4)17(5)12-19/h7-10,12-13,15H,6,11,14H2,1-5H3,(H,27,34)(H,28,33). The lowest BCUT2D eigenvalue weighted by Gasteiger charge is -2.11. The average Bonchev–Trinajstić information content (AvgIpc) is 3.14. The molecular formula is C26H30N6O4. The first-order valence-corrected chi connectivity index (χ1v) is 11.9.